The van der Waals surface area contributed by atoms with Crippen LogP contribution in [0.4, 0.5) is 0 Å². The molecule has 0 heterocycles. The average molecular weight is 182 g/mol. The van der Waals surface area contributed by atoms with Crippen LogP contribution in [0.2, 0.25) is 0 Å². The number of hydrogen-bond acceptors (Lipinski definition) is 3. The fraction of sp³-hybridized carbons (Fsp3) is 0.222. The third kappa shape index (κ3) is 2.68. The Kier molecular flexibility index (Phi) is 3.31. The molecule has 64 valence electrons. The quantitative estimate of drug-likeness (QED) is 0.422. The van der Waals surface area contributed by atoms with Crippen molar-refractivity contribution in [1.29, 1.82) is 0 Å². The molecule has 0 radical (unpaired) electrons. The van der Waals surface area contributed by atoms with E-state index in [-0.39, 0.29) is 12.2 Å². The highest BCUT2D eigenvalue weighted by Crippen LogP contribution is 2.06. The molecule has 0 bridgehead atoms. The fourth-order valence-corrected chi connectivity index (χ4v) is 1.07. The molecule has 1 aromatic rings. The van der Waals surface area contributed by atoms with Gasteiger partial charge in [-0.3, -0.25) is 4.79 Å². The summed E-state index contributed by atoms with van der Waals surface area (Å²) in [5.74, 6) is -0.0851. The first-order valence-electron chi connectivity index (χ1n) is 3.64. The van der Waals surface area contributed by atoms with E-state index in [1.54, 1.807) is 24.3 Å². The summed E-state index contributed by atoms with van der Waals surface area (Å²) < 4.78 is 0. The molecular weight excluding hydrogens is 172 g/mol. The maximum absolute atomic E-state index is 11.2. The van der Waals surface area contributed by atoms with Crippen molar-refractivity contribution in [2.45, 2.75) is 11.9 Å². The van der Waals surface area contributed by atoms with Crippen LogP contribution >= 0.6 is 12.6 Å². The van der Waals surface area contributed by atoms with E-state index in [4.69, 9.17) is 5.11 Å². The largest absolute Gasteiger partial charge is 0.382 e. The molecule has 0 fully saturated rings. The van der Waals surface area contributed by atoms with Crippen LogP contribution in [0.1, 0.15) is 16.8 Å². The van der Waals surface area contributed by atoms with Gasteiger partial charge >= 0.3 is 0 Å². The molecular formula is C9H10O2S. The number of ketones is 1. The lowest BCUT2D eigenvalue weighted by Crippen LogP contribution is -2.07. The van der Waals surface area contributed by atoms with Crippen LogP contribution in [0.3, 0.4) is 0 Å². The van der Waals surface area contributed by atoms with Crippen LogP contribution in [0.15, 0.2) is 30.3 Å². The molecule has 0 aliphatic heterocycles. The fourth-order valence-electron chi connectivity index (χ4n) is 0.908. The maximum atomic E-state index is 11.2. The molecule has 1 N–H and O–H groups in total. The molecule has 0 saturated carbocycles. The van der Waals surface area contributed by atoms with Crippen LogP contribution < -0.4 is 0 Å². The first-order chi connectivity index (χ1) is 5.70. The van der Waals surface area contributed by atoms with E-state index in [0.717, 1.165) is 0 Å². The Morgan fingerprint density at radius 3 is 2.50 bits per heavy atom. The summed E-state index contributed by atoms with van der Waals surface area (Å²) in [4.78, 5) is 11.2. The second kappa shape index (κ2) is 4.28. The number of carbonyl (C=O) groups excluding carboxylic acids is 1. The molecule has 3 heteroatoms. The van der Waals surface area contributed by atoms with E-state index in [9.17, 15) is 4.79 Å². The van der Waals surface area contributed by atoms with Gasteiger partial charge < -0.3 is 5.11 Å². The van der Waals surface area contributed by atoms with E-state index in [1.165, 1.54) is 0 Å². The SMILES string of the molecule is O=C(CC(O)S)c1ccccc1. The molecule has 0 spiro atoms. The minimum absolute atomic E-state index is 0.0626. The van der Waals surface area contributed by atoms with E-state index in [0.29, 0.717) is 5.56 Å². The molecule has 0 aliphatic carbocycles. The van der Waals surface area contributed by atoms with Crippen molar-refractivity contribution in [3.05, 3.63) is 35.9 Å². The molecule has 0 amide bonds. The first-order valence-corrected chi connectivity index (χ1v) is 4.16. The van der Waals surface area contributed by atoms with Crippen LogP contribution in [0.25, 0.3) is 0 Å². The monoisotopic (exact) mass is 182 g/mol. The number of aliphatic hydroxyl groups excluding tert-OH is 1. The van der Waals surface area contributed by atoms with Crippen LogP contribution in [-0.2, 0) is 0 Å². The van der Waals surface area contributed by atoms with Gasteiger partial charge in [0.1, 0.15) is 5.44 Å². The number of benzene rings is 1. The smallest absolute Gasteiger partial charge is 0.166 e. The Hall–Kier alpha value is -0.800. The Morgan fingerprint density at radius 1 is 1.42 bits per heavy atom. The van der Waals surface area contributed by atoms with Crippen molar-refractivity contribution in [3.63, 3.8) is 0 Å². The molecule has 0 aliphatic rings. The van der Waals surface area contributed by atoms with Gasteiger partial charge in [-0.25, -0.2) is 0 Å². The predicted octanol–water partition coefficient (Wildman–Crippen LogP) is 1.51. The van der Waals surface area contributed by atoms with E-state index < -0.39 is 5.44 Å². The van der Waals surface area contributed by atoms with Crippen LogP contribution in [0, 0.1) is 0 Å². The number of thiol groups is 1. The number of rotatable bonds is 3. The summed E-state index contributed by atoms with van der Waals surface area (Å²) >= 11 is 3.72. The van der Waals surface area contributed by atoms with Crippen molar-refractivity contribution in [1.82, 2.24) is 0 Å². The second-order valence-corrected chi connectivity index (χ2v) is 3.07. The lowest BCUT2D eigenvalue weighted by atomic mass is 10.1. The Labute approximate surface area is 76.6 Å². The van der Waals surface area contributed by atoms with Gasteiger partial charge in [0, 0.05) is 12.0 Å². The number of carbonyl (C=O) groups is 1. The minimum atomic E-state index is -0.863. The van der Waals surface area contributed by atoms with Crippen molar-refractivity contribution in [2.24, 2.45) is 0 Å². The highest BCUT2D eigenvalue weighted by molar-refractivity contribution is 7.80. The lowest BCUT2D eigenvalue weighted by Gasteiger charge is -2.01. The minimum Gasteiger partial charge on any atom is -0.382 e. The summed E-state index contributed by atoms with van der Waals surface area (Å²) in [5.41, 5.74) is -0.247. The van der Waals surface area contributed by atoms with Crippen molar-refractivity contribution >= 4 is 18.4 Å². The average Bonchev–Trinajstić information content (AvgIpc) is 2.05. The van der Waals surface area contributed by atoms with Gasteiger partial charge in [0.15, 0.2) is 5.78 Å². The Bertz CT molecular complexity index is 256. The summed E-state index contributed by atoms with van der Waals surface area (Å²) in [6.07, 6.45) is 0.0626. The van der Waals surface area contributed by atoms with Gasteiger partial charge in [-0.2, -0.15) is 0 Å². The second-order valence-electron chi connectivity index (χ2n) is 2.47. The van der Waals surface area contributed by atoms with Gasteiger partial charge in [0.05, 0.1) is 0 Å². The summed E-state index contributed by atoms with van der Waals surface area (Å²) in [5, 5.41) is 8.83. The zero-order valence-corrected chi connectivity index (χ0v) is 7.37. The third-order valence-corrected chi connectivity index (χ3v) is 1.65. The van der Waals surface area contributed by atoms with E-state index in [1.807, 2.05) is 6.07 Å². The van der Waals surface area contributed by atoms with Crippen LogP contribution in [-0.4, -0.2) is 16.3 Å². The number of Topliss-reactive ketones (excluding diaryl/α,β-unsaturated/α-hetero) is 1. The summed E-state index contributed by atoms with van der Waals surface area (Å²) in [6, 6.07) is 8.86. The van der Waals surface area contributed by atoms with Crippen molar-refractivity contribution < 1.29 is 9.90 Å². The third-order valence-electron chi connectivity index (χ3n) is 1.46. The molecule has 1 aromatic carbocycles. The topological polar surface area (TPSA) is 37.3 Å². The maximum Gasteiger partial charge on any atom is 0.166 e. The number of aliphatic hydroxyl groups is 1. The zero-order valence-electron chi connectivity index (χ0n) is 6.47. The first kappa shape index (κ1) is 9.29. The standard InChI is InChI=1S/C9H10O2S/c10-8(6-9(11)12)7-4-2-1-3-5-7/h1-5,9,11-12H,6H2. The summed E-state index contributed by atoms with van der Waals surface area (Å²) in [7, 11) is 0. The Morgan fingerprint density at radius 2 is 2.00 bits per heavy atom. The molecule has 1 rings (SSSR count). The van der Waals surface area contributed by atoms with Gasteiger partial charge in [-0.15, -0.1) is 12.6 Å². The van der Waals surface area contributed by atoms with Crippen molar-refractivity contribution in [3.8, 4) is 0 Å². The highest BCUT2D eigenvalue weighted by Gasteiger charge is 2.07. The van der Waals surface area contributed by atoms with Gasteiger partial charge in [-0.05, 0) is 0 Å². The lowest BCUT2D eigenvalue weighted by molar-refractivity contribution is 0.0944. The molecule has 0 aromatic heterocycles. The van der Waals surface area contributed by atoms with E-state index >= 15 is 0 Å². The molecule has 1 unspecified atom stereocenters. The number of hydrogen-bond donors (Lipinski definition) is 2. The molecule has 2 nitrogen and oxygen atoms in total. The normalized spacial score (nSPS) is 12.5. The molecule has 12 heavy (non-hydrogen) atoms. The van der Waals surface area contributed by atoms with Crippen molar-refractivity contribution in [2.75, 3.05) is 0 Å². The van der Waals surface area contributed by atoms with Crippen LogP contribution in [0.5, 0.6) is 0 Å². The molecule has 1 atom stereocenters. The zero-order chi connectivity index (χ0) is 8.97. The molecule has 0 saturated heterocycles. The van der Waals surface area contributed by atoms with Gasteiger partial charge in [0.2, 0.25) is 0 Å². The van der Waals surface area contributed by atoms with Gasteiger partial charge in [0.25, 0.3) is 0 Å². The highest BCUT2D eigenvalue weighted by atomic mass is 32.1. The Balaban J connectivity index is 2.66. The predicted molar refractivity (Wildman–Crippen MR) is 50.4 cm³/mol. The summed E-state index contributed by atoms with van der Waals surface area (Å²) in [6.45, 7) is 0. The van der Waals surface area contributed by atoms with E-state index in [2.05, 4.69) is 12.6 Å². The van der Waals surface area contributed by atoms with Gasteiger partial charge in [-0.1, -0.05) is 30.3 Å².